The van der Waals surface area contributed by atoms with Crippen LogP contribution in [0.25, 0.3) is 38.4 Å². The molecule has 0 amide bonds. The minimum atomic E-state index is -0.133. The molecule has 0 saturated carbocycles. The van der Waals surface area contributed by atoms with Gasteiger partial charge in [0.1, 0.15) is 17.4 Å². The Morgan fingerprint density at radius 1 is 0.652 bits per heavy atom. The van der Waals surface area contributed by atoms with E-state index >= 15 is 0 Å². The van der Waals surface area contributed by atoms with Gasteiger partial charge in [-0.3, -0.25) is 0 Å². The van der Waals surface area contributed by atoms with Crippen molar-refractivity contribution in [3.05, 3.63) is 155 Å². The number of hydrogen-bond donors (Lipinski definition) is 0. The highest BCUT2D eigenvalue weighted by Crippen LogP contribution is 2.52. The van der Waals surface area contributed by atoms with Gasteiger partial charge in [-0.2, -0.15) is 0 Å². The Kier molecular flexibility index (Phi) is 5.80. The third-order valence-corrected chi connectivity index (χ3v) is 9.75. The van der Waals surface area contributed by atoms with E-state index in [1.54, 1.807) is 0 Å². The SMILES string of the molecule is Cc1cccc(N(C2=CC3Oc4cc5ccccc5cc4C3c3ccccc32)c2cccc3c2oc2c(C(C)(C)C)cccc23)c1. The summed E-state index contributed by atoms with van der Waals surface area (Å²) in [5.74, 6) is 1.09. The lowest BCUT2D eigenvalue weighted by Gasteiger charge is -2.34. The van der Waals surface area contributed by atoms with E-state index in [0.29, 0.717) is 0 Å². The predicted molar refractivity (Wildman–Crippen MR) is 190 cm³/mol. The van der Waals surface area contributed by atoms with Gasteiger partial charge in [-0.1, -0.05) is 112 Å². The maximum absolute atomic E-state index is 6.93. The summed E-state index contributed by atoms with van der Waals surface area (Å²) in [6.07, 6.45) is 2.20. The molecule has 0 fully saturated rings. The fourth-order valence-corrected chi connectivity index (χ4v) is 7.64. The molecule has 0 spiro atoms. The van der Waals surface area contributed by atoms with Gasteiger partial charge in [0.05, 0.1) is 17.3 Å². The minimum absolute atomic E-state index is 0.0523. The van der Waals surface area contributed by atoms with Crippen molar-refractivity contribution >= 4 is 49.8 Å². The lowest BCUT2D eigenvalue weighted by Crippen LogP contribution is -2.28. The molecule has 0 N–H and O–H groups in total. The first-order valence-electron chi connectivity index (χ1n) is 16.2. The molecule has 1 aliphatic carbocycles. The Morgan fingerprint density at radius 2 is 1.37 bits per heavy atom. The quantitative estimate of drug-likeness (QED) is 0.203. The molecule has 7 aromatic rings. The summed E-state index contributed by atoms with van der Waals surface area (Å²) in [6, 6.07) is 43.7. The highest BCUT2D eigenvalue weighted by Gasteiger charge is 2.41. The van der Waals surface area contributed by atoms with Crippen molar-refractivity contribution in [2.45, 2.75) is 45.1 Å². The van der Waals surface area contributed by atoms with Gasteiger partial charge in [0.15, 0.2) is 5.58 Å². The lowest BCUT2D eigenvalue weighted by atomic mass is 9.79. The van der Waals surface area contributed by atoms with Gasteiger partial charge in [0.2, 0.25) is 0 Å². The van der Waals surface area contributed by atoms with E-state index in [0.717, 1.165) is 44.8 Å². The summed E-state index contributed by atoms with van der Waals surface area (Å²) < 4.78 is 13.7. The second-order valence-electron chi connectivity index (χ2n) is 13.8. The van der Waals surface area contributed by atoms with E-state index in [4.69, 9.17) is 9.15 Å². The first kappa shape index (κ1) is 27.1. The second-order valence-corrected chi connectivity index (χ2v) is 13.8. The van der Waals surface area contributed by atoms with Crippen LogP contribution in [-0.4, -0.2) is 6.10 Å². The molecule has 224 valence electrons. The van der Waals surface area contributed by atoms with Crippen LogP contribution in [-0.2, 0) is 5.41 Å². The van der Waals surface area contributed by atoms with E-state index in [2.05, 4.69) is 160 Å². The van der Waals surface area contributed by atoms with Crippen LogP contribution in [0.1, 0.15) is 54.5 Å². The zero-order valence-electron chi connectivity index (χ0n) is 26.5. The van der Waals surface area contributed by atoms with Gasteiger partial charge in [-0.05, 0) is 70.6 Å². The number of ether oxygens (including phenoxy) is 1. The minimum Gasteiger partial charge on any atom is -0.485 e. The third kappa shape index (κ3) is 4.04. The summed E-state index contributed by atoms with van der Waals surface area (Å²) in [6.45, 7) is 8.90. The Bertz CT molecular complexity index is 2370. The molecule has 2 atom stereocenters. The Balaban J connectivity index is 1.30. The molecule has 2 aliphatic rings. The van der Waals surface area contributed by atoms with Gasteiger partial charge < -0.3 is 14.1 Å². The summed E-state index contributed by atoms with van der Waals surface area (Å²) in [7, 11) is 0. The molecule has 0 saturated heterocycles. The summed E-state index contributed by atoms with van der Waals surface area (Å²) >= 11 is 0. The van der Waals surface area contributed by atoms with Gasteiger partial charge in [0.25, 0.3) is 0 Å². The first-order chi connectivity index (χ1) is 22.3. The van der Waals surface area contributed by atoms with E-state index < -0.39 is 0 Å². The summed E-state index contributed by atoms with van der Waals surface area (Å²) in [4.78, 5) is 2.38. The first-order valence-corrected chi connectivity index (χ1v) is 16.2. The highest BCUT2D eigenvalue weighted by molar-refractivity contribution is 6.12. The molecule has 46 heavy (non-hydrogen) atoms. The van der Waals surface area contributed by atoms with E-state index in [1.165, 1.54) is 38.6 Å². The number of furan rings is 1. The van der Waals surface area contributed by atoms with Crippen LogP contribution in [0, 0.1) is 6.92 Å². The maximum atomic E-state index is 6.93. The number of nitrogens with zero attached hydrogens (tertiary/aromatic N) is 1. The van der Waals surface area contributed by atoms with Crippen LogP contribution in [0.4, 0.5) is 11.4 Å². The van der Waals surface area contributed by atoms with Crippen molar-refractivity contribution in [3.63, 3.8) is 0 Å². The number of para-hydroxylation sites is 2. The Labute approximate surface area is 269 Å². The molecule has 1 aliphatic heterocycles. The zero-order chi connectivity index (χ0) is 31.2. The number of hydrogen-bond acceptors (Lipinski definition) is 3. The Morgan fingerprint density at radius 3 is 2.17 bits per heavy atom. The number of benzene rings is 6. The molecule has 0 radical (unpaired) electrons. The molecule has 2 heterocycles. The van der Waals surface area contributed by atoms with Crippen molar-refractivity contribution in [2.24, 2.45) is 0 Å². The van der Waals surface area contributed by atoms with Gasteiger partial charge in [-0.15, -0.1) is 0 Å². The molecule has 2 unspecified atom stereocenters. The number of fused-ring (bicyclic) bond motifs is 9. The van der Waals surface area contributed by atoms with Gasteiger partial charge >= 0.3 is 0 Å². The predicted octanol–water partition coefficient (Wildman–Crippen LogP) is 11.4. The highest BCUT2D eigenvalue weighted by atomic mass is 16.5. The number of anilines is 2. The normalized spacial score (nSPS) is 17.0. The molecule has 3 heteroatoms. The van der Waals surface area contributed by atoms with E-state index in [1.807, 2.05) is 0 Å². The van der Waals surface area contributed by atoms with Crippen LogP contribution in [0.5, 0.6) is 5.75 Å². The molecule has 9 rings (SSSR count). The number of aryl methyl sites for hydroxylation is 1. The molecule has 1 aromatic heterocycles. The maximum Gasteiger partial charge on any atom is 0.159 e. The van der Waals surface area contributed by atoms with E-state index in [9.17, 15) is 0 Å². The summed E-state index contributed by atoms with van der Waals surface area (Å²) in [5.41, 5.74) is 11.2. The molecule has 6 aromatic carbocycles. The molecule has 0 bridgehead atoms. The van der Waals surface area contributed by atoms with Crippen LogP contribution in [0.3, 0.4) is 0 Å². The van der Waals surface area contributed by atoms with Crippen molar-refractivity contribution in [3.8, 4) is 5.75 Å². The van der Waals surface area contributed by atoms with Gasteiger partial charge in [-0.25, -0.2) is 0 Å². The molecule has 3 nitrogen and oxygen atoms in total. The summed E-state index contributed by atoms with van der Waals surface area (Å²) in [5, 5.41) is 4.71. The largest absolute Gasteiger partial charge is 0.485 e. The third-order valence-electron chi connectivity index (χ3n) is 9.75. The zero-order valence-corrected chi connectivity index (χ0v) is 26.5. The van der Waals surface area contributed by atoms with Crippen molar-refractivity contribution in [2.75, 3.05) is 4.90 Å². The monoisotopic (exact) mass is 597 g/mol. The smallest absolute Gasteiger partial charge is 0.159 e. The van der Waals surface area contributed by atoms with Crippen LogP contribution < -0.4 is 9.64 Å². The lowest BCUT2D eigenvalue weighted by molar-refractivity contribution is 0.266. The van der Waals surface area contributed by atoms with Gasteiger partial charge in [0, 0.05) is 33.2 Å². The molecular weight excluding hydrogens is 562 g/mol. The molecular formula is C43H35NO2. The fourth-order valence-electron chi connectivity index (χ4n) is 7.64. The van der Waals surface area contributed by atoms with Crippen molar-refractivity contribution < 1.29 is 9.15 Å². The van der Waals surface area contributed by atoms with E-state index in [-0.39, 0.29) is 17.4 Å². The average Bonchev–Trinajstić information content (AvgIpc) is 3.61. The van der Waals surface area contributed by atoms with Crippen molar-refractivity contribution in [1.82, 2.24) is 0 Å². The fraction of sp³-hybridized carbons (Fsp3) is 0.163. The topological polar surface area (TPSA) is 25.6 Å². The standard InChI is InChI=1S/C43H35NO2/c1-26-12-9-15-29(22-26)44(36-21-11-19-33-32-18-10-20-35(43(2,3)4)41(32)46-42(33)36)37-25-39-40(31-17-8-7-16-30(31)37)34-23-27-13-5-6-14-28(27)24-38(34)45-39/h5-25,39-40H,1-4H3. The number of rotatable bonds is 3. The van der Waals surface area contributed by atoms with Crippen LogP contribution >= 0.6 is 0 Å². The van der Waals surface area contributed by atoms with Crippen LogP contribution in [0.2, 0.25) is 0 Å². The Hall–Kier alpha value is -5.28. The average molecular weight is 598 g/mol. The van der Waals surface area contributed by atoms with Crippen molar-refractivity contribution in [1.29, 1.82) is 0 Å². The van der Waals surface area contributed by atoms with Crippen LogP contribution in [0.15, 0.2) is 132 Å². The second kappa shape index (κ2) is 9.86.